The fourth-order valence-electron chi connectivity index (χ4n) is 1.98. The van der Waals surface area contributed by atoms with Gasteiger partial charge in [-0.2, -0.15) is 0 Å². The summed E-state index contributed by atoms with van der Waals surface area (Å²) in [5.41, 5.74) is 0. The summed E-state index contributed by atoms with van der Waals surface area (Å²) in [7, 11) is 1.85. The summed E-state index contributed by atoms with van der Waals surface area (Å²) in [4.78, 5) is 24.3. The number of nitrogens with one attached hydrogen (secondary N) is 1. The molecule has 1 saturated heterocycles. The van der Waals surface area contributed by atoms with Crippen LogP contribution in [0.2, 0.25) is 0 Å². The number of rotatable bonds is 5. The van der Waals surface area contributed by atoms with Crippen molar-refractivity contribution in [3.63, 3.8) is 0 Å². The molecule has 0 saturated carbocycles. The van der Waals surface area contributed by atoms with Gasteiger partial charge in [0.15, 0.2) is 0 Å². The Balaban J connectivity index is 2.35. The number of carboxylic acids is 1. The Kier molecular flexibility index (Phi) is 5.25. The first-order chi connectivity index (χ1) is 7.65. The molecule has 0 aromatic carbocycles. The molecule has 5 heteroatoms. The number of piperidine rings is 1. The third kappa shape index (κ3) is 3.81. The molecule has 0 radical (unpaired) electrons. The van der Waals surface area contributed by atoms with E-state index < -0.39 is 5.97 Å². The predicted molar refractivity (Wildman–Crippen MR) is 60.1 cm³/mol. The van der Waals surface area contributed by atoms with Crippen molar-refractivity contribution in [2.75, 3.05) is 26.7 Å². The second kappa shape index (κ2) is 6.48. The molecular weight excluding hydrogens is 208 g/mol. The van der Waals surface area contributed by atoms with Crippen molar-refractivity contribution in [1.82, 2.24) is 10.2 Å². The summed E-state index contributed by atoms with van der Waals surface area (Å²) in [5.74, 6) is -1.07. The minimum absolute atomic E-state index is 0.0844. The van der Waals surface area contributed by atoms with Gasteiger partial charge in [0, 0.05) is 19.5 Å². The topological polar surface area (TPSA) is 69.6 Å². The maximum atomic E-state index is 11.7. The lowest BCUT2D eigenvalue weighted by atomic mass is 9.98. The van der Waals surface area contributed by atoms with E-state index in [4.69, 9.17) is 5.11 Å². The molecule has 0 aliphatic carbocycles. The molecule has 5 nitrogen and oxygen atoms in total. The Hall–Kier alpha value is -1.10. The minimum Gasteiger partial charge on any atom is -0.481 e. The Labute approximate surface area is 95.8 Å². The first-order valence-electron chi connectivity index (χ1n) is 5.80. The molecule has 1 fully saturated rings. The molecule has 1 aliphatic heterocycles. The normalized spacial score (nSPS) is 20.8. The minimum atomic E-state index is -0.785. The van der Waals surface area contributed by atoms with Gasteiger partial charge in [0.1, 0.15) is 0 Å². The summed E-state index contributed by atoms with van der Waals surface area (Å²) >= 11 is 0. The molecule has 1 rings (SSSR count). The van der Waals surface area contributed by atoms with Crippen LogP contribution in [-0.4, -0.2) is 48.6 Å². The van der Waals surface area contributed by atoms with Crippen molar-refractivity contribution in [3.05, 3.63) is 0 Å². The van der Waals surface area contributed by atoms with Crippen LogP contribution >= 0.6 is 0 Å². The number of carbonyl (C=O) groups excluding carboxylic acids is 1. The second-order valence-electron chi connectivity index (χ2n) is 4.22. The maximum Gasteiger partial charge on any atom is 0.308 e. The van der Waals surface area contributed by atoms with Crippen LogP contribution in [0.25, 0.3) is 0 Å². The zero-order valence-corrected chi connectivity index (χ0v) is 9.74. The van der Waals surface area contributed by atoms with Crippen LogP contribution in [0, 0.1) is 5.92 Å². The van der Waals surface area contributed by atoms with Gasteiger partial charge < -0.3 is 15.3 Å². The van der Waals surface area contributed by atoms with Crippen molar-refractivity contribution in [3.8, 4) is 0 Å². The lowest BCUT2D eigenvalue weighted by molar-refractivity contribution is -0.145. The maximum absolute atomic E-state index is 11.7. The van der Waals surface area contributed by atoms with Crippen LogP contribution in [0.4, 0.5) is 0 Å². The molecule has 1 atom stereocenters. The first kappa shape index (κ1) is 13.0. The van der Waals surface area contributed by atoms with E-state index >= 15 is 0 Å². The van der Waals surface area contributed by atoms with Crippen LogP contribution < -0.4 is 5.32 Å². The number of carbonyl (C=O) groups is 2. The Morgan fingerprint density at radius 1 is 1.50 bits per heavy atom. The number of hydrogen-bond acceptors (Lipinski definition) is 3. The van der Waals surface area contributed by atoms with Crippen LogP contribution in [0.3, 0.4) is 0 Å². The van der Waals surface area contributed by atoms with Gasteiger partial charge in [-0.1, -0.05) is 0 Å². The van der Waals surface area contributed by atoms with Crippen molar-refractivity contribution in [1.29, 1.82) is 0 Å². The molecule has 0 aromatic rings. The highest BCUT2D eigenvalue weighted by molar-refractivity contribution is 5.78. The fraction of sp³-hybridized carbons (Fsp3) is 0.818. The number of likely N-dealkylation sites (tertiary alicyclic amines) is 1. The van der Waals surface area contributed by atoms with Crippen LogP contribution in [0.1, 0.15) is 25.7 Å². The van der Waals surface area contributed by atoms with Crippen molar-refractivity contribution >= 4 is 11.9 Å². The van der Waals surface area contributed by atoms with Crippen molar-refractivity contribution in [2.45, 2.75) is 25.7 Å². The number of nitrogens with zero attached hydrogens (tertiary/aromatic N) is 1. The Bertz CT molecular complexity index is 256. The molecule has 1 heterocycles. The molecule has 16 heavy (non-hydrogen) atoms. The van der Waals surface area contributed by atoms with Gasteiger partial charge >= 0.3 is 5.97 Å². The zero-order valence-electron chi connectivity index (χ0n) is 9.74. The number of hydrogen-bond donors (Lipinski definition) is 2. The quantitative estimate of drug-likeness (QED) is 0.664. The zero-order chi connectivity index (χ0) is 12.0. The van der Waals surface area contributed by atoms with Crippen LogP contribution in [-0.2, 0) is 9.59 Å². The summed E-state index contributed by atoms with van der Waals surface area (Å²) in [6.45, 7) is 1.91. The highest BCUT2D eigenvalue weighted by Gasteiger charge is 2.27. The third-order valence-electron chi connectivity index (χ3n) is 2.94. The van der Waals surface area contributed by atoms with Gasteiger partial charge in [0.25, 0.3) is 0 Å². The highest BCUT2D eigenvalue weighted by atomic mass is 16.4. The van der Waals surface area contributed by atoms with Crippen LogP contribution in [0.15, 0.2) is 0 Å². The van der Waals surface area contributed by atoms with E-state index in [0.29, 0.717) is 25.9 Å². The number of aliphatic carboxylic acids is 1. The highest BCUT2D eigenvalue weighted by Crippen LogP contribution is 2.17. The standard InChI is InChI=1S/C11H20N2O3/c1-12-6-2-5-10(14)13-7-3-4-9(8-13)11(15)16/h9,12H,2-8H2,1H3,(H,15,16)/t9-/m1/s1. The molecule has 0 spiro atoms. The van der Waals surface area contributed by atoms with Gasteiger partial charge in [-0.15, -0.1) is 0 Å². The predicted octanol–water partition coefficient (Wildman–Crippen LogP) is 0.309. The monoisotopic (exact) mass is 228 g/mol. The van der Waals surface area contributed by atoms with E-state index in [1.807, 2.05) is 7.05 Å². The van der Waals surface area contributed by atoms with Crippen molar-refractivity contribution in [2.24, 2.45) is 5.92 Å². The molecule has 1 aliphatic rings. The van der Waals surface area contributed by atoms with E-state index in [9.17, 15) is 9.59 Å². The van der Waals surface area contributed by atoms with E-state index in [1.54, 1.807) is 4.90 Å². The SMILES string of the molecule is CNCCCC(=O)N1CCC[C@@H](C(=O)O)C1. The van der Waals surface area contributed by atoms with Gasteiger partial charge in [0.05, 0.1) is 5.92 Å². The molecule has 0 aromatic heterocycles. The first-order valence-corrected chi connectivity index (χ1v) is 5.80. The van der Waals surface area contributed by atoms with Gasteiger partial charge in [-0.25, -0.2) is 0 Å². The fourth-order valence-corrected chi connectivity index (χ4v) is 1.98. The summed E-state index contributed by atoms with van der Waals surface area (Å²) in [6, 6.07) is 0. The Morgan fingerprint density at radius 3 is 2.88 bits per heavy atom. The van der Waals surface area contributed by atoms with E-state index in [-0.39, 0.29) is 11.8 Å². The largest absolute Gasteiger partial charge is 0.481 e. The number of carboxylic acid groups (broad SMARTS) is 1. The molecule has 0 unspecified atom stereocenters. The molecule has 0 bridgehead atoms. The molecular formula is C11H20N2O3. The van der Waals surface area contributed by atoms with Gasteiger partial charge in [0.2, 0.25) is 5.91 Å². The van der Waals surface area contributed by atoms with Gasteiger partial charge in [-0.05, 0) is 32.9 Å². The average Bonchev–Trinajstić information content (AvgIpc) is 2.29. The van der Waals surface area contributed by atoms with E-state index in [0.717, 1.165) is 19.4 Å². The molecule has 1 amide bonds. The summed E-state index contributed by atoms with van der Waals surface area (Å²) < 4.78 is 0. The van der Waals surface area contributed by atoms with Crippen molar-refractivity contribution < 1.29 is 14.7 Å². The Morgan fingerprint density at radius 2 is 2.25 bits per heavy atom. The van der Waals surface area contributed by atoms with E-state index in [2.05, 4.69) is 5.32 Å². The molecule has 2 N–H and O–H groups in total. The lowest BCUT2D eigenvalue weighted by Crippen LogP contribution is -2.42. The van der Waals surface area contributed by atoms with Gasteiger partial charge in [-0.3, -0.25) is 9.59 Å². The summed E-state index contributed by atoms with van der Waals surface area (Å²) in [6.07, 6.45) is 2.81. The number of amides is 1. The van der Waals surface area contributed by atoms with Crippen LogP contribution in [0.5, 0.6) is 0 Å². The molecule has 92 valence electrons. The second-order valence-corrected chi connectivity index (χ2v) is 4.22. The van der Waals surface area contributed by atoms with E-state index in [1.165, 1.54) is 0 Å². The smallest absolute Gasteiger partial charge is 0.308 e. The third-order valence-corrected chi connectivity index (χ3v) is 2.94. The summed E-state index contributed by atoms with van der Waals surface area (Å²) in [5, 5.41) is 11.9. The lowest BCUT2D eigenvalue weighted by Gasteiger charge is -2.30. The average molecular weight is 228 g/mol.